The minimum atomic E-state index is -0.930. The fourth-order valence-electron chi connectivity index (χ4n) is 3.03. The Morgan fingerprint density at radius 2 is 1.57 bits per heavy atom. The zero-order chi connectivity index (χ0) is 16.4. The van der Waals surface area contributed by atoms with Gasteiger partial charge in [-0.25, -0.2) is 0 Å². The van der Waals surface area contributed by atoms with Gasteiger partial charge in [0.05, 0.1) is 5.57 Å². The lowest BCUT2D eigenvalue weighted by Gasteiger charge is -2.46. The summed E-state index contributed by atoms with van der Waals surface area (Å²) in [6, 6.07) is 19.6. The second kappa shape index (κ2) is 5.89. The van der Waals surface area contributed by atoms with Gasteiger partial charge in [-0.05, 0) is 24.6 Å². The number of amides is 1. The third-order valence-corrected chi connectivity index (χ3v) is 4.17. The molecular formula is C19H20N2O2. The Morgan fingerprint density at radius 3 is 2.13 bits per heavy atom. The first kappa shape index (κ1) is 15.3. The molecule has 0 saturated carbocycles. The number of nitrogens with zero attached hydrogens (tertiary/aromatic N) is 1. The van der Waals surface area contributed by atoms with Crippen molar-refractivity contribution in [3.8, 4) is 0 Å². The predicted molar refractivity (Wildman–Crippen MR) is 91.5 cm³/mol. The number of methoxy groups -OCH3 is 1. The highest BCUT2D eigenvalue weighted by atomic mass is 16.5. The zero-order valence-electron chi connectivity index (χ0n) is 13.5. The van der Waals surface area contributed by atoms with E-state index in [9.17, 15) is 4.79 Å². The first-order valence-corrected chi connectivity index (χ1v) is 7.56. The molecule has 1 amide bonds. The highest BCUT2D eigenvalue weighted by molar-refractivity contribution is 6.22. The maximum absolute atomic E-state index is 12.7. The van der Waals surface area contributed by atoms with Crippen LogP contribution in [0.15, 0.2) is 66.4 Å². The molecule has 4 heteroatoms. The largest absolute Gasteiger partial charge is 0.341 e. The van der Waals surface area contributed by atoms with Crippen LogP contribution >= 0.6 is 0 Å². The van der Waals surface area contributed by atoms with Gasteiger partial charge in [0.2, 0.25) is 5.85 Å². The zero-order valence-corrected chi connectivity index (χ0v) is 13.5. The first-order valence-electron chi connectivity index (χ1n) is 7.56. The molecule has 0 radical (unpaired) electrons. The van der Waals surface area contributed by atoms with Crippen LogP contribution in [0.5, 0.6) is 0 Å². The Balaban J connectivity index is 2.20. The Morgan fingerprint density at radius 1 is 1.00 bits per heavy atom. The summed E-state index contributed by atoms with van der Waals surface area (Å²) in [7, 11) is 1.59. The highest BCUT2D eigenvalue weighted by Crippen LogP contribution is 2.35. The highest BCUT2D eigenvalue weighted by Gasteiger charge is 2.41. The average Bonchev–Trinajstić information content (AvgIpc) is 2.56. The van der Waals surface area contributed by atoms with E-state index < -0.39 is 5.85 Å². The number of rotatable bonds is 3. The smallest absolute Gasteiger partial charge is 0.257 e. The lowest BCUT2D eigenvalue weighted by atomic mass is 9.99. The molecule has 0 aliphatic carbocycles. The molecule has 1 unspecified atom stereocenters. The number of ether oxygens (including phenoxy) is 1. The van der Waals surface area contributed by atoms with Crippen molar-refractivity contribution in [1.29, 1.82) is 0 Å². The SMILES string of the molecule is COC1(C)NC(=O)C(c2ccccc2)=C(C)N1c1ccccc1. The van der Waals surface area contributed by atoms with Crippen molar-refractivity contribution in [2.75, 3.05) is 12.0 Å². The van der Waals surface area contributed by atoms with Gasteiger partial charge in [0.25, 0.3) is 5.91 Å². The third kappa shape index (κ3) is 2.62. The van der Waals surface area contributed by atoms with E-state index in [0.29, 0.717) is 5.57 Å². The fraction of sp³-hybridized carbons (Fsp3) is 0.211. The van der Waals surface area contributed by atoms with Gasteiger partial charge in [-0.15, -0.1) is 0 Å². The van der Waals surface area contributed by atoms with Crippen LogP contribution < -0.4 is 10.2 Å². The quantitative estimate of drug-likeness (QED) is 0.945. The van der Waals surface area contributed by atoms with Crippen molar-refractivity contribution < 1.29 is 9.53 Å². The molecule has 2 aromatic carbocycles. The minimum Gasteiger partial charge on any atom is -0.341 e. The van der Waals surface area contributed by atoms with Crippen LogP contribution in [-0.4, -0.2) is 18.9 Å². The van der Waals surface area contributed by atoms with Crippen molar-refractivity contribution in [3.63, 3.8) is 0 Å². The van der Waals surface area contributed by atoms with Crippen molar-refractivity contribution in [3.05, 3.63) is 71.9 Å². The molecule has 1 atom stereocenters. The van der Waals surface area contributed by atoms with Gasteiger partial charge in [-0.3, -0.25) is 9.69 Å². The van der Waals surface area contributed by atoms with E-state index in [-0.39, 0.29) is 5.91 Å². The third-order valence-electron chi connectivity index (χ3n) is 4.17. The molecule has 0 bridgehead atoms. The lowest BCUT2D eigenvalue weighted by molar-refractivity contribution is -0.125. The van der Waals surface area contributed by atoms with Crippen LogP contribution in [0.25, 0.3) is 5.57 Å². The molecular weight excluding hydrogens is 288 g/mol. The molecule has 118 valence electrons. The Bertz CT molecular complexity index is 740. The molecule has 0 saturated heterocycles. The van der Waals surface area contributed by atoms with Crippen LogP contribution in [-0.2, 0) is 9.53 Å². The number of carbonyl (C=O) groups excluding carboxylic acids is 1. The van der Waals surface area contributed by atoms with E-state index in [4.69, 9.17) is 4.74 Å². The number of allylic oxidation sites excluding steroid dienone is 1. The summed E-state index contributed by atoms with van der Waals surface area (Å²) >= 11 is 0. The molecule has 4 nitrogen and oxygen atoms in total. The minimum absolute atomic E-state index is 0.134. The molecule has 1 N–H and O–H groups in total. The second-order valence-corrected chi connectivity index (χ2v) is 5.64. The number of hydrogen-bond acceptors (Lipinski definition) is 3. The second-order valence-electron chi connectivity index (χ2n) is 5.64. The summed E-state index contributed by atoms with van der Waals surface area (Å²) in [5, 5.41) is 2.98. The van der Waals surface area contributed by atoms with Gasteiger partial charge >= 0.3 is 0 Å². The molecule has 0 fully saturated rings. The topological polar surface area (TPSA) is 41.6 Å². The molecule has 23 heavy (non-hydrogen) atoms. The maximum atomic E-state index is 12.7. The van der Waals surface area contributed by atoms with Crippen LogP contribution in [0.3, 0.4) is 0 Å². The molecule has 1 heterocycles. The van der Waals surface area contributed by atoms with Crippen LogP contribution in [0.1, 0.15) is 19.4 Å². The number of hydrogen-bond donors (Lipinski definition) is 1. The lowest BCUT2D eigenvalue weighted by Crippen LogP contribution is -2.63. The van der Waals surface area contributed by atoms with E-state index in [2.05, 4.69) is 5.32 Å². The van der Waals surface area contributed by atoms with Gasteiger partial charge in [0, 0.05) is 25.4 Å². The number of benzene rings is 2. The van der Waals surface area contributed by atoms with E-state index in [1.807, 2.05) is 79.4 Å². The summed E-state index contributed by atoms with van der Waals surface area (Å²) in [5.41, 5.74) is 3.36. The van der Waals surface area contributed by atoms with Crippen molar-refractivity contribution in [2.24, 2.45) is 0 Å². The summed E-state index contributed by atoms with van der Waals surface area (Å²) in [6.07, 6.45) is 0. The molecule has 1 aliphatic rings. The number of para-hydroxylation sites is 1. The summed E-state index contributed by atoms with van der Waals surface area (Å²) in [5.74, 6) is -1.06. The van der Waals surface area contributed by atoms with Gasteiger partial charge in [-0.2, -0.15) is 0 Å². The van der Waals surface area contributed by atoms with Gasteiger partial charge in [0.15, 0.2) is 0 Å². The van der Waals surface area contributed by atoms with Crippen molar-refractivity contribution >= 4 is 17.2 Å². The van der Waals surface area contributed by atoms with E-state index >= 15 is 0 Å². The van der Waals surface area contributed by atoms with Gasteiger partial charge in [0.1, 0.15) is 0 Å². The monoisotopic (exact) mass is 308 g/mol. The van der Waals surface area contributed by atoms with Gasteiger partial charge in [-0.1, -0.05) is 48.5 Å². The fourth-order valence-corrected chi connectivity index (χ4v) is 3.03. The number of anilines is 1. The standard InChI is InChI=1S/C19H20N2O2/c1-14-17(15-10-6-4-7-11-15)18(22)20-19(2,23-3)21(14)16-12-8-5-9-13-16/h4-13H,1-3H3,(H,20,22). The van der Waals surface area contributed by atoms with Crippen molar-refractivity contribution in [2.45, 2.75) is 19.7 Å². The van der Waals surface area contributed by atoms with E-state index in [1.165, 1.54) is 0 Å². The van der Waals surface area contributed by atoms with Crippen molar-refractivity contribution in [1.82, 2.24) is 5.32 Å². The summed E-state index contributed by atoms with van der Waals surface area (Å²) in [6.45, 7) is 3.80. The number of nitrogens with one attached hydrogen (secondary N) is 1. The Labute approximate surface area is 136 Å². The Kier molecular flexibility index (Phi) is 3.92. The molecule has 0 aromatic heterocycles. The van der Waals surface area contributed by atoms with Crippen LogP contribution in [0.2, 0.25) is 0 Å². The normalized spacial score (nSPS) is 21.3. The van der Waals surface area contributed by atoms with E-state index in [1.54, 1.807) is 7.11 Å². The average molecular weight is 308 g/mol. The first-order chi connectivity index (χ1) is 11.1. The maximum Gasteiger partial charge on any atom is 0.257 e. The molecule has 3 rings (SSSR count). The van der Waals surface area contributed by atoms with Crippen LogP contribution in [0.4, 0.5) is 5.69 Å². The summed E-state index contributed by atoms with van der Waals surface area (Å²) < 4.78 is 5.63. The molecule has 2 aromatic rings. The molecule has 0 spiro atoms. The Hall–Kier alpha value is -2.59. The molecule has 1 aliphatic heterocycles. The van der Waals surface area contributed by atoms with E-state index in [0.717, 1.165) is 16.9 Å². The van der Waals surface area contributed by atoms with Gasteiger partial charge < -0.3 is 10.1 Å². The summed E-state index contributed by atoms with van der Waals surface area (Å²) in [4.78, 5) is 14.7. The van der Waals surface area contributed by atoms with Crippen LogP contribution in [0, 0.1) is 0 Å². The predicted octanol–water partition coefficient (Wildman–Crippen LogP) is 3.37. The number of carbonyl (C=O) groups is 1.